The lowest BCUT2D eigenvalue weighted by Gasteiger charge is -2.23. The number of hydrogen-bond donors (Lipinski definition) is 0. The van der Waals surface area contributed by atoms with Gasteiger partial charge in [0.05, 0.1) is 0 Å². The molecule has 1 amide bonds. The van der Waals surface area contributed by atoms with Crippen LogP contribution in [0.3, 0.4) is 0 Å². The van der Waals surface area contributed by atoms with Gasteiger partial charge in [-0.1, -0.05) is 55.5 Å². The maximum Gasteiger partial charge on any atom is 0.223 e. The zero-order valence-electron chi connectivity index (χ0n) is 16.1. The van der Waals surface area contributed by atoms with Gasteiger partial charge < -0.3 is 4.90 Å². The lowest BCUT2D eigenvalue weighted by molar-refractivity contribution is -0.132. The molecule has 3 nitrogen and oxygen atoms in total. The van der Waals surface area contributed by atoms with Gasteiger partial charge in [0.2, 0.25) is 5.91 Å². The Kier molecular flexibility index (Phi) is 6.90. The number of rotatable bonds is 8. The van der Waals surface area contributed by atoms with E-state index in [0.717, 1.165) is 17.5 Å². The normalized spacial score (nSPS) is 10.6. The van der Waals surface area contributed by atoms with Gasteiger partial charge in [0.1, 0.15) is 5.82 Å². The smallest absolute Gasteiger partial charge is 0.223 e. The molecule has 3 rings (SSSR count). The molecule has 0 aliphatic heterocycles. The highest BCUT2D eigenvalue weighted by atomic mass is 19.1. The van der Waals surface area contributed by atoms with E-state index in [1.165, 1.54) is 11.6 Å². The van der Waals surface area contributed by atoms with Crippen molar-refractivity contribution in [3.63, 3.8) is 0 Å². The number of aromatic nitrogens is 1. The summed E-state index contributed by atoms with van der Waals surface area (Å²) < 4.78 is 13.9. The Morgan fingerprint density at radius 2 is 1.64 bits per heavy atom. The monoisotopic (exact) mass is 376 g/mol. The van der Waals surface area contributed by atoms with Crippen molar-refractivity contribution < 1.29 is 9.18 Å². The van der Waals surface area contributed by atoms with Crippen LogP contribution < -0.4 is 0 Å². The highest BCUT2D eigenvalue weighted by Crippen LogP contribution is 2.15. The van der Waals surface area contributed by atoms with Gasteiger partial charge in [-0.15, -0.1) is 0 Å². The van der Waals surface area contributed by atoms with Crippen molar-refractivity contribution in [2.24, 2.45) is 0 Å². The van der Waals surface area contributed by atoms with E-state index >= 15 is 0 Å². The second-order valence-corrected chi connectivity index (χ2v) is 6.87. The van der Waals surface area contributed by atoms with Crippen LogP contribution in [0.5, 0.6) is 0 Å². The van der Waals surface area contributed by atoms with Gasteiger partial charge in [0.15, 0.2) is 0 Å². The minimum atomic E-state index is -0.260. The third-order valence-electron chi connectivity index (χ3n) is 4.82. The number of aryl methyl sites for hydroxylation is 2. The van der Waals surface area contributed by atoms with Gasteiger partial charge in [-0.3, -0.25) is 9.78 Å². The minimum Gasteiger partial charge on any atom is -0.334 e. The average molecular weight is 376 g/mol. The number of amides is 1. The number of benzene rings is 2. The molecule has 0 saturated heterocycles. The first-order valence-corrected chi connectivity index (χ1v) is 9.63. The molecule has 0 atom stereocenters. The molecule has 144 valence electrons. The zero-order chi connectivity index (χ0) is 19.8. The molecular formula is C24H25FN2O. The van der Waals surface area contributed by atoms with Crippen molar-refractivity contribution in [1.82, 2.24) is 9.88 Å². The van der Waals surface area contributed by atoms with Gasteiger partial charge in [0.25, 0.3) is 0 Å². The molecule has 0 saturated carbocycles. The summed E-state index contributed by atoms with van der Waals surface area (Å²) in [6.45, 7) is 3.13. The van der Waals surface area contributed by atoms with E-state index in [2.05, 4.69) is 36.2 Å². The van der Waals surface area contributed by atoms with Gasteiger partial charge in [-0.25, -0.2) is 4.39 Å². The number of halogens is 1. The maximum atomic E-state index is 13.9. The molecule has 0 aliphatic rings. The summed E-state index contributed by atoms with van der Waals surface area (Å²) in [5.41, 5.74) is 3.91. The number of pyridine rings is 1. The van der Waals surface area contributed by atoms with E-state index in [1.807, 2.05) is 17.0 Å². The first kappa shape index (κ1) is 19.7. The molecule has 0 radical (unpaired) electrons. The van der Waals surface area contributed by atoms with E-state index < -0.39 is 0 Å². The standard InChI is InChI=1S/C24H25FN2O/c1-2-19-9-11-20(12-10-19)17-27(18-21-6-5-15-26-16-21)24(28)14-13-22-7-3-4-8-23(22)25/h3-12,15-16H,2,13-14,17-18H2,1H3. The Morgan fingerprint density at radius 1 is 0.929 bits per heavy atom. The summed E-state index contributed by atoms with van der Waals surface area (Å²) in [7, 11) is 0. The molecule has 1 heterocycles. The van der Waals surface area contributed by atoms with E-state index in [0.29, 0.717) is 25.1 Å². The molecule has 0 spiro atoms. The third-order valence-corrected chi connectivity index (χ3v) is 4.82. The van der Waals surface area contributed by atoms with Gasteiger partial charge >= 0.3 is 0 Å². The summed E-state index contributed by atoms with van der Waals surface area (Å²) in [5.74, 6) is -0.254. The topological polar surface area (TPSA) is 33.2 Å². The van der Waals surface area contributed by atoms with Crippen molar-refractivity contribution in [3.8, 4) is 0 Å². The fourth-order valence-electron chi connectivity index (χ4n) is 3.15. The minimum absolute atomic E-state index is 0.00618. The van der Waals surface area contributed by atoms with Gasteiger partial charge in [-0.05, 0) is 47.2 Å². The molecule has 0 aliphatic carbocycles. The van der Waals surface area contributed by atoms with Crippen molar-refractivity contribution in [1.29, 1.82) is 0 Å². The number of nitrogens with zero attached hydrogens (tertiary/aromatic N) is 2. The second-order valence-electron chi connectivity index (χ2n) is 6.87. The summed E-state index contributed by atoms with van der Waals surface area (Å²) in [4.78, 5) is 18.9. The van der Waals surface area contributed by atoms with Crippen LogP contribution in [-0.4, -0.2) is 15.8 Å². The van der Waals surface area contributed by atoms with Crippen LogP contribution in [-0.2, 0) is 30.7 Å². The summed E-state index contributed by atoms with van der Waals surface area (Å²) in [5, 5.41) is 0. The van der Waals surface area contributed by atoms with Gasteiger partial charge in [0, 0.05) is 31.9 Å². The first-order chi connectivity index (χ1) is 13.7. The lowest BCUT2D eigenvalue weighted by Crippen LogP contribution is -2.30. The molecule has 28 heavy (non-hydrogen) atoms. The predicted octanol–water partition coefficient (Wildman–Crippen LogP) is 4.94. The third kappa shape index (κ3) is 5.49. The van der Waals surface area contributed by atoms with Crippen molar-refractivity contribution in [2.45, 2.75) is 39.3 Å². The van der Waals surface area contributed by atoms with Crippen molar-refractivity contribution in [3.05, 3.63) is 101 Å². The Labute approximate surface area is 165 Å². The Balaban J connectivity index is 1.72. The Bertz CT molecular complexity index is 894. The average Bonchev–Trinajstić information content (AvgIpc) is 2.74. The summed E-state index contributed by atoms with van der Waals surface area (Å²) >= 11 is 0. The lowest BCUT2D eigenvalue weighted by atomic mass is 10.1. The molecule has 3 aromatic rings. The van der Waals surface area contributed by atoms with Crippen LogP contribution >= 0.6 is 0 Å². The Hall–Kier alpha value is -3.01. The maximum absolute atomic E-state index is 13.9. The van der Waals surface area contributed by atoms with E-state index in [9.17, 15) is 9.18 Å². The summed E-state index contributed by atoms with van der Waals surface area (Å²) in [6, 6.07) is 18.8. The van der Waals surface area contributed by atoms with Crippen LogP contribution in [0.15, 0.2) is 73.1 Å². The van der Waals surface area contributed by atoms with E-state index in [-0.39, 0.29) is 18.1 Å². The molecule has 0 N–H and O–H groups in total. The van der Waals surface area contributed by atoms with Gasteiger partial charge in [-0.2, -0.15) is 0 Å². The molecule has 0 bridgehead atoms. The fraction of sp³-hybridized carbons (Fsp3) is 0.250. The van der Waals surface area contributed by atoms with Crippen molar-refractivity contribution >= 4 is 5.91 Å². The summed E-state index contributed by atoms with van der Waals surface area (Å²) in [6.07, 6.45) is 5.15. The molecule has 0 unspecified atom stereocenters. The molecule has 4 heteroatoms. The zero-order valence-corrected chi connectivity index (χ0v) is 16.1. The van der Waals surface area contributed by atoms with Crippen LogP contribution in [0.4, 0.5) is 4.39 Å². The van der Waals surface area contributed by atoms with Crippen LogP contribution in [0.1, 0.15) is 35.6 Å². The fourth-order valence-corrected chi connectivity index (χ4v) is 3.15. The number of hydrogen-bond acceptors (Lipinski definition) is 2. The van der Waals surface area contributed by atoms with Crippen LogP contribution in [0, 0.1) is 5.82 Å². The van der Waals surface area contributed by atoms with Crippen molar-refractivity contribution in [2.75, 3.05) is 0 Å². The van der Waals surface area contributed by atoms with E-state index in [1.54, 1.807) is 30.6 Å². The number of carbonyl (C=O) groups excluding carboxylic acids is 1. The highest BCUT2D eigenvalue weighted by Gasteiger charge is 2.16. The SMILES string of the molecule is CCc1ccc(CN(Cc2cccnc2)C(=O)CCc2ccccc2F)cc1. The molecule has 2 aromatic carbocycles. The molecular weight excluding hydrogens is 351 g/mol. The van der Waals surface area contributed by atoms with E-state index in [4.69, 9.17) is 0 Å². The molecule has 0 fully saturated rings. The number of carbonyl (C=O) groups is 1. The quantitative estimate of drug-likeness (QED) is 0.558. The highest BCUT2D eigenvalue weighted by molar-refractivity contribution is 5.76. The molecule has 1 aromatic heterocycles. The first-order valence-electron chi connectivity index (χ1n) is 9.63. The van der Waals surface area contributed by atoms with Crippen LogP contribution in [0.2, 0.25) is 0 Å². The Morgan fingerprint density at radius 3 is 2.32 bits per heavy atom. The van der Waals surface area contributed by atoms with Crippen LogP contribution in [0.25, 0.3) is 0 Å². The predicted molar refractivity (Wildman–Crippen MR) is 109 cm³/mol. The largest absolute Gasteiger partial charge is 0.334 e. The second kappa shape index (κ2) is 9.79.